The lowest BCUT2D eigenvalue weighted by Crippen LogP contribution is -2.28. The molecule has 0 saturated carbocycles. The van der Waals surface area contributed by atoms with Gasteiger partial charge in [0, 0.05) is 18.7 Å². The van der Waals surface area contributed by atoms with Crippen LogP contribution in [0.2, 0.25) is 0 Å². The van der Waals surface area contributed by atoms with Crippen LogP contribution in [-0.4, -0.2) is 18.4 Å². The monoisotopic (exact) mass is 365 g/mol. The van der Waals surface area contributed by atoms with Gasteiger partial charge in [0.1, 0.15) is 5.75 Å². The Hall–Kier alpha value is -2.62. The quantitative estimate of drug-likeness (QED) is 0.592. The molecule has 1 fully saturated rings. The van der Waals surface area contributed by atoms with Gasteiger partial charge >= 0.3 is 5.97 Å². The second-order valence-electron chi connectivity index (χ2n) is 8.34. The molecule has 1 atom stereocenters. The predicted octanol–water partition coefficient (Wildman–Crippen LogP) is 4.56. The number of rotatable bonds is 3. The Kier molecular flexibility index (Phi) is 5.09. The van der Waals surface area contributed by atoms with E-state index in [1.54, 1.807) is 4.90 Å². The molecule has 0 aliphatic carbocycles. The van der Waals surface area contributed by atoms with E-state index in [2.05, 4.69) is 20.8 Å². The number of esters is 1. The molecule has 2 aromatic carbocycles. The van der Waals surface area contributed by atoms with Gasteiger partial charge in [0.2, 0.25) is 5.91 Å². The van der Waals surface area contributed by atoms with Crippen molar-refractivity contribution in [2.24, 2.45) is 5.92 Å². The molecule has 142 valence electrons. The van der Waals surface area contributed by atoms with Gasteiger partial charge in [0.05, 0.1) is 5.92 Å². The van der Waals surface area contributed by atoms with Gasteiger partial charge in [-0.05, 0) is 48.1 Å². The summed E-state index contributed by atoms with van der Waals surface area (Å²) < 4.78 is 5.54. The topological polar surface area (TPSA) is 46.6 Å². The van der Waals surface area contributed by atoms with Gasteiger partial charge in [0.15, 0.2) is 0 Å². The number of nitrogens with zero attached hydrogens (tertiary/aromatic N) is 1. The molecule has 0 bridgehead atoms. The number of ether oxygens (including phenoxy) is 1. The zero-order valence-corrected chi connectivity index (χ0v) is 16.7. The third kappa shape index (κ3) is 4.05. The Morgan fingerprint density at radius 3 is 2.19 bits per heavy atom. The minimum absolute atomic E-state index is 0.0302. The summed E-state index contributed by atoms with van der Waals surface area (Å²) in [7, 11) is 0. The smallest absolute Gasteiger partial charge is 0.316 e. The Balaban J connectivity index is 1.71. The molecule has 4 heteroatoms. The third-order valence-electron chi connectivity index (χ3n) is 5.11. The number of hydrogen-bond donors (Lipinski definition) is 0. The van der Waals surface area contributed by atoms with Crippen LogP contribution < -0.4 is 9.64 Å². The van der Waals surface area contributed by atoms with Crippen molar-refractivity contribution in [2.45, 2.75) is 46.5 Å². The van der Waals surface area contributed by atoms with Gasteiger partial charge in [-0.15, -0.1) is 0 Å². The van der Waals surface area contributed by atoms with Crippen molar-refractivity contribution in [3.05, 3.63) is 59.2 Å². The van der Waals surface area contributed by atoms with Crippen LogP contribution >= 0.6 is 0 Å². The van der Waals surface area contributed by atoms with Gasteiger partial charge in [-0.3, -0.25) is 9.59 Å². The average Bonchev–Trinajstić information content (AvgIpc) is 2.96. The van der Waals surface area contributed by atoms with Gasteiger partial charge in [-0.25, -0.2) is 0 Å². The zero-order valence-electron chi connectivity index (χ0n) is 16.7. The molecule has 1 heterocycles. The van der Waals surface area contributed by atoms with Gasteiger partial charge in [0.25, 0.3) is 0 Å². The Bertz CT molecular complexity index is 842. The van der Waals surface area contributed by atoms with E-state index in [9.17, 15) is 9.59 Å². The highest BCUT2D eigenvalue weighted by Gasteiger charge is 2.37. The molecule has 1 aliphatic heterocycles. The van der Waals surface area contributed by atoms with Crippen LogP contribution in [0.25, 0.3) is 0 Å². The van der Waals surface area contributed by atoms with Crippen LogP contribution in [0.1, 0.15) is 43.9 Å². The average molecular weight is 365 g/mol. The fourth-order valence-corrected chi connectivity index (χ4v) is 3.54. The Labute approximate surface area is 161 Å². The number of para-hydroxylation sites is 1. The van der Waals surface area contributed by atoms with E-state index in [4.69, 9.17) is 4.74 Å². The molecule has 1 amide bonds. The van der Waals surface area contributed by atoms with Crippen molar-refractivity contribution in [1.82, 2.24) is 0 Å². The minimum Gasteiger partial charge on any atom is -0.426 e. The second kappa shape index (κ2) is 7.18. The van der Waals surface area contributed by atoms with E-state index in [1.165, 1.54) is 5.56 Å². The molecule has 0 aromatic heterocycles. The molecule has 2 aromatic rings. The number of anilines is 1. The molecular weight excluding hydrogens is 338 g/mol. The van der Waals surface area contributed by atoms with Crippen LogP contribution in [0, 0.1) is 19.8 Å². The zero-order chi connectivity index (χ0) is 19.8. The van der Waals surface area contributed by atoms with E-state index in [1.807, 2.05) is 56.3 Å². The van der Waals surface area contributed by atoms with Crippen molar-refractivity contribution in [1.29, 1.82) is 0 Å². The number of carbonyl (C=O) groups is 2. The second-order valence-corrected chi connectivity index (χ2v) is 8.34. The van der Waals surface area contributed by atoms with Gasteiger partial charge < -0.3 is 9.64 Å². The summed E-state index contributed by atoms with van der Waals surface area (Å²) in [6.45, 7) is 10.8. The first-order valence-electron chi connectivity index (χ1n) is 9.35. The van der Waals surface area contributed by atoms with Crippen molar-refractivity contribution in [3.63, 3.8) is 0 Å². The molecule has 3 rings (SSSR count). The molecule has 0 unspecified atom stereocenters. The molecule has 1 saturated heterocycles. The summed E-state index contributed by atoms with van der Waals surface area (Å²) in [5.74, 6) is -0.303. The number of carbonyl (C=O) groups excluding carboxylic acids is 2. The SMILES string of the molecule is Cc1cccc(C)c1N1C[C@H](C(=O)Oc2ccc(C(C)(C)C)cc2)CC1=O. The predicted molar refractivity (Wildman–Crippen MR) is 107 cm³/mol. The summed E-state index contributed by atoms with van der Waals surface area (Å²) in [5.41, 5.74) is 4.21. The summed E-state index contributed by atoms with van der Waals surface area (Å²) in [4.78, 5) is 26.8. The Morgan fingerprint density at radius 2 is 1.63 bits per heavy atom. The highest BCUT2D eigenvalue weighted by Crippen LogP contribution is 2.32. The fourth-order valence-electron chi connectivity index (χ4n) is 3.54. The van der Waals surface area contributed by atoms with Gasteiger partial charge in [-0.2, -0.15) is 0 Å². The molecule has 0 radical (unpaired) electrons. The molecule has 4 nitrogen and oxygen atoms in total. The molecular formula is C23H27NO3. The van der Waals surface area contributed by atoms with E-state index in [0.717, 1.165) is 16.8 Å². The van der Waals surface area contributed by atoms with Gasteiger partial charge in [-0.1, -0.05) is 51.1 Å². The maximum Gasteiger partial charge on any atom is 0.316 e. The van der Waals surface area contributed by atoms with E-state index in [0.29, 0.717) is 12.3 Å². The van der Waals surface area contributed by atoms with Crippen LogP contribution in [0.5, 0.6) is 5.75 Å². The largest absolute Gasteiger partial charge is 0.426 e. The van der Waals surface area contributed by atoms with Crippen LogP contribution in [0.15, 0.2) is 42.5 Å². The highest BCUT2D eigenvalue weighted by molar-refractivity contribution is 6.00. The van der Waals surface area contributed by atoms with Crippen LogP contribution in [0.4, 0.5) is 5.69 Å². The normalized spacial score (nSPS) is 17.3. The Morgan fingerprint density at radius 1 is 1.04 bits per heavy atom. The van der Waals surface area contributed by atoms with Crippen LogP contribution in [-0.2, 0) is 15.0 Å². The fraction of sp³-hybridized carbons (Fsp3) is 0.391. The first-order valence-corrected chi connectivity index (χ1v) is 9.35. The minimum atomic E-state index is -0.446. The molecule has 1 aliphatic rings. The number of amides is 1. The first-order chi connectivity index (χ1) is 12.7. The number of aryl methyl sites for hydroxylation is 2. The van der Waals surface area contributed by atoms with E-state index >= 15 is 0 Å². The molecule has 27 heavy (non-hydrogen) atoms. The lowest BCUT2D eigenvalue weighted by Gasteiger charge is -2.21. The summed E-state index contributed by atoms with van der Waals surface area (Å²) in [5, 5.41) is 0. The standard InChI is InChI=1S/C23H27NO3/c1-15-7-6-8-16(2)21(15)24-14-17(13-20(24)25)22(26)27-19-11-9-18(10-12-19)23(3,4)5/h6-12,17H,13-14H2,1-5H3/t17-/m1/s1. The molecule has 0 N–H and O–H groups in total. The molecule has 0 spiro atoms. The number of benzene rings is 2. The van der Waals surface area contributed by atoms with Crippen molar-refractivity contribution in [2.75, 3.05) is 11.4 Å². The third-order valence-corrected chi connectivity index (χ3v) is 5.11. The van der Waals surface area contributed by atoms with Crippen LogP contribution in [0.3, 0.4) is 0 Å². The maximum atomic E-state index is 12.6. The van der Waals surface area contributed by atoms with E-state index < -0.39 is 5.92 Å². The summed E-state index contributed by atoms with van der Waals surface area (Å²) in [6.07, 6.45) is 0.187. The summed E-state index contributed by atoms with van der Waals surface area (Å²) >= 11 is 0. The lowest BCUT2D eigenvalue weighted by molar-refractivity contribution is -0.139. The van der Waals surface area contributed by atoms with Crippen molar-refractivity contribution in [3.8, 4) is 5.75 Å². The summed E-state index contributed by atoms with van der Waals surface area (Å²) in [6, 6.07) is 13.5. The lowest BCUT2D eigenvalue weighted by atomic mass is 9.87. The van der Waals surface area contributed by atoms with Crippen molar-refractivity contribution < 1.29 is 14.3 Å². The maximum absolute atomic E-state index is 12.6. The van der Waals surface area contributed by atoms with Crippen molar-refractivity contribution >= 4 is 17.6 Å². The highest BCUT2D eigenvalue weighted by atomic mass is 16.5. The first kappa shape index (κ1) is 19.2. The number of hydrogen-bond acceptors (Lipinski definition) is 3. The van der Waals surface area contributed by atoms with E-state index in [-0.39, 0.29) is 23.7 Å².